The summed E-state index contributed by atoms with van der Waals surface area (Å²) >= 11 is 0. The van der Waals surface area contributed by atoms with Gasteiger partial charge in [-0.1, -0.05) is 27.7 Å². The molecule has 0 aromatic rings. The fourth-order valence-corrected chi connectivity index (χ4v) is 4.48. The number of likely N-dealkylation sites (N-methyl/N-ethyl adjacent to an activating group) is 1. The Morgan fingerprint density at radius 1 is 1.43 bits per heavy atom. The summed E-state index contributed by atoms with van der Waals surface area (Å²) in [7, 11) is 3.45. The van der Waals surface area contributed by atoms with E-state index >= 15 is 0 Å². The Balaban J connectivity index is 1.93. The van der Waals surface area contributed by atoms with Gasteiger partial charge in [0.1, 0.15) is 12.2 Å². The minimum Gasteiger partial charge on any atom is -0.443 e. The number of methoxy groups -OCH3 is 1. The quantitative estimate of drug-likeness (QED) is 0.801. The molecule has 0 saturated carbocycles. The Labute approximate surface area is 167 Å². The van der Waals surface area contributed by atoms with E-state index in [1.165, 1.54) is 0 Å². The van der Waals surface area contributed by atoms with Crippen molar-refractivity contribution in [2.45, 2.75) is 53.2 Å². The van der Waals surface area contributed by atoms with E-state index in [-0.39, 0.29) is 23.3 Å². The van der Waals surface area contributed by atoms with Crippen molar-refractivity contribution in [3.8, 4) is 0 Å². The maximum absolute atomic E-state index is 12.4. The first-order chi connectivity index (χ1) is 13.1. The number of rotatable bonds is 4. The van der Waals surface area contributed by atoms with E-state index in [0.717, 1.165) is 28.8 Å². The molecule has 2 aliphatic carbocycles. The van der Waals surface area contributed by atoms with E-state index in [2.05, 4.69) is 31.3 Å². The zero-order valence-electron chi connectivity index (χ0n) is 18.0. The maximum atomic E-state index is 12.4. The molecule has 3 rings (SSSR count). The van der Waals surface area contributed by atoms with Gasteiger partial charge in [-0.25, -0.2) is 4.79 Å². The van der Waals surface area contributed by atoms with Gasteiger partial charge in [-0.2, -0.15) is 0 Å². The molecule has 2 amide bonds. The largest absolute Gasteiger partial charge is 0.443 e. The van der Waals surface area contributed by atoms with Crippen LogP contribution < -0.4 is 5.32 Å². The van der Waals surface area contributed by atoms with Crippen molar-refractivity contribution in [1.29, 1.82) is 0 Å². The molecule has 0 fully saturated rings. The lowest BCUT2D eigenvalue weighted by atomic mass is 9.59. The van der Waals surface area contributed by atoms with E-state index in [9.17, 15) is 9.59 Å². The van der Waals surface area contributed by atoms with Crippen LogP contribution >= 0.6 is 0 Å². The highest BCUT2D eigenvalue weighted by Crippen LogP contribution is 2.54. The van der Waals surface area contributed by atoms with Gasteiger partial charge in [0.15, 0.2) is 0 Å². The number of amides is 2. The predicted molar refractivity (Wildman–Crippen MR) is 107 cm³/mol. The van der Waals surface area contributed by atoms with Gasteiger partial charge in [0, 0.05) is 43.3 Å². The summed E-state index contributed by atoms with van der Waals surface area (Å²) in [5.74, 6) is 0.439. The highest BCUT2D eigenvalue weighted by Gasteiger charge is 2.51. The molecule has 154 valence electrons. The molecule has 1 N–H and O–H groups in total. The highest BCUT2D eigenvalue weighted by atomic mass is 16.6. The first-order valence-electron chi connectivity index (χ1n) is 9.99. The van der Waals surface area contributed by atoms with Gasteiger partial charge in [0.25, 0.3) is 5.91 Å². The van der Waals surface area contributed by atoms with Crippen LogP contribution in [-0.4, -0.2) is 49.8 Å². The van der Waals surface area contributed by atoms with Crippen LogP contribution in [-0.2, 0) is 14.3 Å². The summed E-state index contributed by atoms with van der Waals surface area (Å²) in [6.45, 7) is 10.8. The smallest absolute Gasteiger partial charge is 0.407 e. The van der Waals surface area contributed by atoms with Gasteiger partial charge in [0.2, 0.25) is 0 Å². The van der Waals surface area contributed by atoms with Gasteiger partial charge >= 0.3 is 6.09 Å². The summed E-state index contributed by atoms with van der Waals surface area (Å²) in [5, 5.41) is 2.82. The SMILES string of the molecule is CO[C@@H]1C=C2C=C3C(=C(C)C(=O)N3C)C[C@]2(C)[C@@H](C)[C@H]1OC(=O)NCC(C)C. The summed E-state index contributed by atoms with van der Waals surface area (Å²) in [4.78, 5) is 26.5. The van der Waals surface area contributed by atoms with E-state index < -0.39 is 12.2 Å². The van der Waals surface area contributed by atoms with Crippen LogP contribution in [0.25, 0.3) is 0 Å². The molecule has 6 heteroatoms. The van der Waals surface area contributed by atoms with E-state index in [4.69, 9.17) is 9.47 Å². The number of ether oxygens (including phenoxy) is 2. The van der Waals surface area contributed by atoms with Gasteiger partial charge in [-0.3, -0.25) is 4.79 Å². The Kier molecular flexibility index (Phi) is 5.45. The number of alkyl carbamates (subject to hydrolysis) is 1. The van der Waals surface area contributed by atoms with Crippen LogP contribution in [0.2, 0.25) is 0 Å². The van der Waals surface area contributed by atoms with Gasteiger partial charge in [0.05, 0.1) is 0 Å². The van der Waals surface area contributed by atoms with Crippen LogP contribution in [0.1, 0.15) is 41.0 Å². The summed E-state index contributed by atoms with van der Waals surface area (Å²) < 4.78 is 11.5. The topological polar surface area (TPSA) is 67.9 Å². The number of nitrogens with one attached hydrogen (secondary N) is 1. The summed E-state index contributed by atoms with van der Waals surface area (Å²) in [6, 6.07) is 0. The monoisotopic (exact) mass is 388 g/mol. The fourth-order valence-electron chi connectivity index (χ4n) is 4.48. The van der Waals surface area contributed by atoms with Gasteiger partial charge < -0.3 is 19.7 Å². The molecule has 1 aliphatic heterocycles. The normalized spacial score (nSPS) is 32.1. The molecule has 0 spiro atoms. The average Bonchev–Trinajstić information content (AvgIpc) is 2.85. The Bertz CT molecular complexity index is 779. The summed E-state index contributed by atoms with van der Waals surface area (Å²) in [5.41, 5.74) is 3.79. The molecule has 0 saturated heterocycles. The molecule has 3 aliphatic rings. The number of allylic oxidation sites excluding steroid dienone is 3. The van der Waals surface area contributed by atoms with Crippen LogP contribution in [0.15, 0.2) is 34.6 Å². The van der Waals surface area contributed by atoms with Crippen molar-refractivity contribution < 1.29 is 19.1 Å². The lowest BCUT2D eigenvalue weighted by Crippen LogP contribution is -2.50. The zero-order chi connectivity index (χ0) is 20.8. The second-order valence-corrected chi connectivity index (χ2v) is 8.85. The minimum atomic E-state index is -0.411. The van der Waals surface area contributed by atoms with E-state index in [0.29, 0.717) is 12.5 Å². The van der Waals surface area contributed by atoms with Crippen LogP contribution in [0.3, 0.4) is 0 Å². The second-order valence-electron chi connectivity index (χ2n) is 8.85. The van der Waals surface area contributed by atoms with Crippen molar-refractivity contribution in [1.82, 2.24) is 10.2 Å². The molecule has 6 nitrogen and oxygen atoms in total. The maximum Gasteiger partial charge on any atom is 0.407 e. The van der Waals surface area contributed by atoms with E-state index in [1.54, 1.807) is 12.0 Å². The predicted octanol–water partition coefficient (Wildman–Crippen LogP) is 3.41. The molecular weight excluding hydrogens is 356 g/mol. The second kappa shape index (κ2) is 7.39. The van der Waals surface area contributed by atoms with Gasteiger partial charge in [-0.05, 0) is 42.6 Å². The Morgan fingerprint density at radius 2 is 2.11 bits per heavy atom. The third-order valence-electron chi connectivity index (χ3n) is 6.58. The third-order valence-corrected chi connectivity index (χ3v) is 6.58. The highest BCUT2D eigenvalue weighted by molar-refractivity contribution is 6.00. The third kappa shape index (κ3) is 3.28. The van der Waals surface area contributed by atoms with Crippen molar-refractivity contribution in [2.24, 2.45) is 17.3 Å². The molecule has 0 radical (unpaired) electrons. The molecule has 28 heavy (non-hydrogen) atoms. The number of fused-ring (bicyclic) bond motifs is 2. The van der Waals surface area contributed by atoms with Crippen LogP contribution in [0.4, 0.5) is 4.79 Å². The first-order valence-corrected chi connectivity index (χ1v) is 9.99. The van der Waals surface area contributed by atoms with Crippen LogP contribution in [0.5, 0.6) is 0 Å². The molecular formula is C22H32N2O4. The van der Waals surface area contributed by atoms with Crippen molar-refractivity contribution in [3.05, 3.63) is 34.6 Å². The standard InChI is InChI=1S/C22H32N2O4/c1-12(2)11-23-21(26)28-19-14(4)22(5)10-16-13(3)20(25)24(6)17(16)8-15(22)9-18(19)27-7/h8-9,12,14,18-19H,10-11H2,1-7H3,(H,23,26)/t14-,18+,19+,22+/m0/s1. The number of carbonyl (C=O) groups is 2. The Morgan fingerprint density at radius 3 is 2.71 bits per heavy atom. The van der Waals surface area contributed by atoms with Crippen LogP contribution in [0, 0.1) is 17.3 Å². The molecule has 0 aromatic carbocycles. The van der Waals surface area contributed by atoms with Crippen molar-refractivity contribution in [2.75, 3.05) is 20.7 Å². The van der Waals surface area contributed by atoms with Gasteiger partial charge in [-0.15, -0.1) is 0 Å². The van der Waals surface area contributed by atoms with E-state index in [1.807, 2.05) is 27.8 Å². The lowest BCUT2D eigenvalue weighted by Gasteiger charge is -2.48. The first kappa shape index (κ1) is 20.6. The minimum absolute atomic E-state index is 0.0290. The van der Waals surface area contributed by atoms with Crippen molar-refractivity contribution in [3.63, 3.8) is 0 Å². The summed E-state index contributed by atoms with van der Waals surface area (Å²) in [6.07, 6.45) is 3.77. The number of hydrogen-bond acceptors (Lipinski definition) is 4. The average molecular weight is 389 g/mol. The number of carbonyl (C=O) groups excluding carboxylic acids is 2. The number of hydrogen-bond donors (Lipinski definition) is 1. The fraction of sp³-hybridized carbons (Fsp3) is 0.636. The zero-order valence-corrected chi connectivity index (χ0v) is 18.0. The molecule has 4 atom stereocenters. The Hall–Kier alpha value is -2.08. The lowest BCUT2D eigenvalue weighted by molar-refractivity contribution is -0.123. The molecule has 1 heterocycles. The molecule has 0 unspecified atom stereocenters. The molecule has 0 aromatic heterocycles. The number of nitrogens with zero attached hydrogens (tertiary/aromatic N) is 1. The van der Waals surface area contributed by atoms with Crippen molar-refractivity contribution >= 4 is 12.0 Å². The molecule has 0 bridgehead atoms.